The monoisotopic (exact) mass is 388 g/mol. The number of benzene rings is 2. The molecule has 3 rings (SSSR count). The van der Waals surface area contributed by atoms with Crippen LogP contribution >= 0.6 is 23.2 Å². The fourth-order valence-electron chi connectivity index (χ4n) is 2.92. The molecule has 0 aliphatic carbocycles. The van der Waals surface area contributed by atoms with E-state index in [2.05, 4.69) is 0 Å². The Balaban J connectivity index is 2.18. The minimum atomic E-state index is -3.78. The summed E-state index contributed by atoms with van der Waals surface area (Å²) in [6, 6.07) is 10.4. The van der Waals surface area contributed by atoms with Crippen LogP contribution < -0.4 is 8.61 Å². The molecule has 0 amide bonds. The van der Waals surface area contributed by atoms with E-state index in [-0.39, 0.29) is 10.9 Å². The first kappa shape index (κ1) is 17.3. The maximum atomic E-state index is 13.8. The zero-order valence-electron chi connectivity index (χ0n) is 12.8. The highest BCUT2D eigenvalue weighted by molar-refractivity contribution is 7.94. The second-order valence-corrected chi connectivity index (χ2v) is 8.11. The highest BCUT2D eigenvalue weighted by Gasteiger charge is 2.42. The molecule has 2 aromatic carbocycles. The van der Waals surface area contributed by atoms with Crippen LogP contribution in [-0.4, -0.2) is 21.3 Å². The lowest BCUT2D eigenvalue weighted by Gasteiger charge is -2.29. The largest absolute Gasteiger partial charge is 0.326 e. The third kappa shape index (κ3) is 2.83. The summed E-state index contributed by atoms with van der Waals surface area (Å²) in [4.78, 5) is 0. The summed E-state index contributed by atoms with van der Waals surface area (Å²) >= 11 is 11.8. The first-order valence-corrected chi connectivity index (χ1v) is 9.56. The number of anilines is 2. The number of alkyl halides is 1. The van der Waals surface area contributed by atoms with E-state index in [0.29, 0.717) is 23.4 Å². The Morgan fingerprint density at radius 3 is 2.46 bits per heavy atom. The summed E-state index contributed by atoms with van der Waals surface area (Å²) in [6.45, 7) is 0. The molecule has 4 nitrogen and oxygen atoms in total. The molecule has 8 heteroatoms. The predicted molar refractivity (Wildman–Crippen MR) is 95.7 cm³/mol. The highest BCUT2D eigenvalue weighted by atomic mass is 35.5. The molecule has 128 valence electrons. The Hall–Kier alpha value is -1.50. The van der Waals surface area contributed by atoms with Crippen molar-refractivity contribution in [2.45, 2.75) is 12.5 Å². The highest BCUT2D eigenvalue weighted by Crippen LogP contribution is 2.45. The zero-order chi connectivity index (χ0) is 17.5. The summed E-state index contributed by atoms with van der Waals surface area (Å²) < 4.78 is 42.1. The zero-order valence-corrected chi connectivity index (χ0v) is 15.1. The van der Waals surface area contributed by atoms with Gasteiger partial charge in [0.05, 0.1) is 17.4 Å². The van der Waals surface area contributed by atoms with Crippen LogP contribution in [0.5, 0.6) is 0 Å². The Labute approximate surface area is 150 Å². The smallest absolute Gasteiger partial charge is 0.254 e. The molecule has 0 saturated carbocycles. The number of para-hydroxylation sites is 2. The van der Waals surface area contributed by atoms with Crippen LogP contribution in [0.15, 0.2) is 42.5 Å². The van der Waals surface area contributed by atoms with Crippen molar-refractivity contribution >= 4 is 44.8 Å². The van der Waals surface area contributed by atoms with Gasteiger partial charge in [0, 0.05) is 18.0 Å². The average molecular weight is 389 g/mol. The topological polar surface area (TPSA) is 40.6 Å². The minimum absolute atomic E-state index is 0.211. The lowest BCUT2D eigenvalue weighted by atomic mass is 10.0. The van der Waals surface area contributed by atoms with Gasteiger partial charge >= 0.3 is 10.2 Å². The second kappa shape index (κ2) is 6.43. The molecule has 1 atom stereocenters. The summed E-state index contributed by atoms with van der Waals surface area (Å²) in [5.74, 6) is -0.299. The molecule has 0 aromatic heterocycles. The van der Waals surface area contributed by atoms with E-state index < -0.39 is 22.1 Å². The van der Waals surface area contributed by atoms with E-state index in [1.807, 2.05) is 0 Å². The van der Waals surface area contributed by atoms with Gasteiger partial charge in [0.15, 0.2) is 0 Å². The molecular weight excluding hydrogens is 374 g/mol. The molecule has 1 aliphatic heterocycles. The molecule has 0 N–H and O–H groups in total. The van der Waals surface area contributed by atoms with Gasteiger partial charge in [-0.05, 0) is 42.3 Å². The van der Waals surface area contributed by atoms with E-state index in [4.69, 9.17) is 23.2 Å². The molecule has 0 radical (unpaired) electrons. The molecule has 0 fully saturated rings. The van der Waals surface area contributed by atoms with E-state index in [1.54, 1.807) is 30.3 Å². The average Bonchev–Trinajstić information content (AvgIpc) is 2.72. The van der Waals surface area contributed by atoms with Gasteiger partial charge in [-0.2, -0.15) is 8.42 Å². The standard InChI is InChI=1S/C16H15Cl2FN2O2S/c1-20-15-4-2-3-5-16(15)21(24(20,22)23)14(6-7-17)11-8-12(18)10-13(19)9-11/h2-5,8-10,14H,6-7H2,1H3/t14-/m1/s1. The Morgan fingerprint density at radius 2 is 1.83 bits per heavy atom. The molecule has 2 aromatic rings. The van der Waals surface area contributed by atoms with Gasteiger partial charge in [-0.1, -0.05) is 23.7 Å². The molecular formula is C16H15Cl2FN2O2S. The molecule has 0 spiro atoms. The van der Waals surface area contributed by atoms with Crippen LogP contribution in [0.2, 0.25) is 5.02 Å². The molecule has 0 bridgehead atoms. The number of hydrogen-bond acceptors (Lipinski definition) is 2. The quantitative estimate of drug-likeness (QED) is 0.730. The van der Waals surface area contributed by atoms with Gasteiger partial charge < -0.3 is 0 Å². The van der Waals surface area contributed by atoms with Crippen molar-refractivity contribution < 1.29 is 12.8 Å². The predicted octanol–water partition coefficient (Wildman–Crippen LogP) is 4.35. The molecule has 0 unspecified atom stereocenters. The van der Waals surface area contributed by atoms with Crippen LogP contribution in [-0.2, 0) is 10.2 Å². The lowest BCUT2D eigenvalue weighted by Crippen LogP contribution is -2.38. The number of nitrogens with zero attached hydrogens (tertiary/aromatic N) is 2. The summed E-state index contributed by atoms with van der Waals surface area (Å²) in [5.41, 5.74) is 1.57. The van der Waals surface area contributed by atoms with Gasteiger partial charge in [0.25, 0.3) is 0 Å². The van der Waals surface area contributed by atoms with Crippen LogP contribution in [0.25, 0.3) is 0 Å². The third-order valence-corrected chi connectivity index (χ3v) is 6.26. The van der Waals surface area contributed by atoms with Crippen molar-refractivity contribution in [2.24, 2.45) is 0 Å². The van der Waals surface area contributed by atoms with Crippen LogP contribution in [0.4, 0.5) is 15.8 Å². The molecule has 1 aliphatic rings. The molecule has 0 saturated heterocycles. The van der Waals surface area contributed by atoms with E-state index >= 15 is 0 Å². The second-order valence-electron chi connectivity index (χ2n) is 5.46. The van der Waals surface area contributed by atoms with Crippen LogP contribution in [0, 0.1) is 5.82 Å². The van der Waals surface area contributed by atoms with Gasteiger partial charge in [0.2, 0.25) is 0 Å². The fourth-order valence-corrected chi connectivity index (χ4v) is 4.97. The number of halogens is 3. The van der Waals surface area contributed by atoms with Crippen molar-refractivity contribution in [1.82, 2.24) is 0 Å². The van der Waals surface area contributed by atoms with Crippen molar-refractivity contribution in [3.8, 4) is 0 Å². The number of hydrogen-bond donors (Lipinski definition) is 0. The number of fused-ring (bicyclic) bond motifs is 1. The summed E-state index contributed by atoms with van der Waals surface area (Å²) in [7, 11) is -2.29. The fraction of sp³-hybridized carbons (Fsp3) is 0.250. The summed E-state index contributed by atoms with van der Waals surface area (Å²) in [5, 5.41) is 0.211. The van der Waals surface area contributed by atoms with Crippen LogP contribution in [0.1, 0.15) is 18.0 Å². The number of rotatable bonds is 4. The summed E-state index contributed by atoms with van der Waals surface area (Å²) in [6.07, 6.45) is 0.322. The van der Waals surface area contributed by atoms with Gasteiger partial charge in [-0.25, -0.2) is 8.70 Å². The lowest BCUT2D eigenvalue weighted by molar-refractivity contribution is 0.574. The van der Waals surface area contributed by atoms with Crippen molar-refractivity contribution in [3.63, 3.8) is 0 Å². The Bertz CT molecular complexity index is 856. The maximum Gasteiger partial charge on any atom is 0.326 e. The molecule has 1 heterocycles. The third-order valence-electron chi connectivity index (χ3n) is 3.99. The van der Waals surface area contributed by atoms with Crippen LogP contribution in [0.3, 0.4) is 0 Å². The first-order chi connectivity index (χ1) is 11.4. The Morgan fingerprint density at radius 1 is 1.17 bits per heavy atom. The first-order valence-electron chi connectivity index (χ1n) is 7.25. The van der Waals surface area contributed by atoms with Gasteiger partial charge in [0.1, 0.15) is 5.82 Å². The van der Waals surface area contributed by atoms with Crippen molar-refractivity contribution in [1.29, 1.82) is 0 Å². The Kier molecular flexibility index (Phi) is 4.64. The van der Waals surface area contributed by atoms with Gasteiger partial charge in [-0.15, -0.1) is 11.6 Å². The van der Waals surface area contributed by atoms with Crippen molar-refractivity contribution in [3.05, 3.63) is 58.9 Å². The van der Waals surface area contributed by atoms with E-state index in [9.17, 15) is 12.8 Å². The SMILES string of the molecule is CN1c2ccccc2N([C@H](CCCl)c2cc(F)cc(Cl)c2)S1(=O)=O. The van der Waals surface area contributed by atoms with E-state index in [1.165, 1.54) is 27.8 Å². The van der Waals surface area contributed by atoms with Crippen molar-refractivity contribution in [2.75, 3.05) is 21.5 Å². The normalized spacial score (nSPS) is 17.0. The van der Waals surface area contributed by atoms with Gasteiger partial charge in [-0.3, -0.25) is 4.31 Å². The maximum absolute atomic E-state index is 13.8. The van der Waals surface area contributed by atoms with E-state index in [0.717, 1.165) is 0 Å². The molecule has 24 heavy (non-hydrogen) atoms. The minimum Gasteiger partial charge on any atom is -0.254 e.